The van der Waals surface area contributed by atoms with Gasteiger partial charge in [-0.05, 0) is 49.7 Å². The summed E-state index contributed by atoms with van der Waals surface area (Å²) in [7, 11) is 1.80. The number of rotatable bonds is 7. The van der Waals surface area contributed by atoms with Crippen molar-refractivity contribution in [1.29, 1.82) is 0 Å². The van der Waals surface area contributed by atoms with E-state index in [1.165, 1.54) is 0 Å². The summed E-state index contributed by atoms with van der Waals surface area (Å²) in [6.07, 6.45) is -3.59. The quantitative estimate of drug-likeness (QED) is 0.672. The summed E-state index contributed by atoms with van der Waals surface area (Å²) >= 11 is 0. The fourth-order valence-electron chi connectivity index (χ4n) is 3.57. The number of halogens is 3. The lowest BCUT2D eigenvalue weighted by atomic mass is 10.1. The van der Waals surface area contributed by atoms with Gasteiger partial charge in [0.25, 0.3) is 0 Å². The van der Waals surface area contributed by atoms with Crippen molar-refractivity contribution < 1.29 is 32.2 Å². The predicted molar refractivity (Wildman–Crippen MR) is 114 cm³/mol. The molecule has 1 heterocycles. The first kappa shape index (κ1) is 23.7. The molecule has 3 rings (SSSR count). The summed E-state index contributed by atoms with van der Waals surface area (Å²) < 4.78 is 53.5. The van der Waals surface area contributed by atoms with Crippen molar-refractivity contribution in [3.05, 3.63) is 47.0 Å². The first-order valence-electron chi connectivity index (χ1n) is 10.3. The number of fused-ring (bicyclic) bond motifs is 1. The van der Waals surface area contributed by atoms with Crippen LogP contribution >= 0.6 is 0 Å². The number of hydrogen-bond donors (Lipinski definition) is 1. The molecule has 0 aliphatic carbocycles. The second-order valence-corrected chi connectivity index (χ2v) is 7.90. The van der Waals surface area contributed by atoms with Gasteiger partial charge in [0, 0.05) is 24.7 Å². The summed E-state index contributed by atoms with van der Waals surface area (Å²) in [5.41, 5.74) is 2.74. The van der Waals surface area contributed by atoms with Crippen LogP contribution in [0.2, 0.25) is 0 Å². The zero-order valence-electron chi connectivity index (χ0n) is 18.3. The lowest BCUT2D eigenvalue weighted by Crippen LogP contribution is -2.30. The zero-order valence-corrected chi connectivity index (χ0v) is 18.3. The summed E-state index contributed by atoms with van der Waals surface area (Å²) in [6.45, 7) is 3.84. The topological polar surface area (TPSA) is 60.0 Å². The number of alkyl halides is 3. The highest BCUT2D eigenvalue weighted by Crippen LogP contribution is 2.32. The highest BCUT2D eigenvalue weighted by Gasteiger charge is 2.29. The summed E-state index contributed by atoms with van der Waals surface area (Å²) in [5, 5.41) is 2.85. The van der Waals surface area contributed by atoms with Crippen molar-refractivity contribution in [3.63, 3.8) is 0 Å². The molecule has 2 aromatic carbocycles. The molecule has 32 heavy (non-hydrogen) atoms. The summed E-state index contributed by atoms with van der Waals surface area (Å²) in [6, 6.07) is 8.82. The van der Waals surface area contributed by atoms with E-state index in [1.807, 2.05) is 4.90 Å². The minimum Gasteiger partial charge on any atom is -0.490 e. The molecule has 1 aliphatic rings. The van der Waals surface area contributed by atoms with Crippen molar-refractivity contribution in [2.24, 2.45) is 0 Å². The number of carbonyl (C=O) groups is 1. The number of nitrogens with zero attached hydrogens (tertiary/aromatic N) is 1. The van der Waals surface area contributed by atoms with Gasteiger partial charge >= 0.3 is 6.18 Å². The molecule has 0 saturated heterocycles. The summed E-state index contributed by atoms with van der Waals surface area (Å²) in [5.74, 6) is 1.31. The van der Waals surface area contributed by atoms with Crippen LogP contribution in [0.3, 0.4) is 0 Å². The van der Waals surface area contributed by atoms with Gasteiger partial charge in [0.15, 0.2) is 18.1 Å². The smallest absolute Gasteiger partial charge is 0.422 e. The van der Waals surface area contributed by atoms with Gasteiger partial charge in [-0.2, -0.15) is 13.2 Å². The second kappa shape index (κ2) is 10.1. The largest absolute Gasteiger partial charge is 0.490 e. The molecule has 0 unspecified atom stereocenters. The first-order chi connectivity index (χ1) is 15.1. The Bertz CT molecular complexity index is 940. The van der Waals surface area contributed by atoms with Crippen LogP contribution in [0.5, 0.6) is 17.2 Å². The van der Waals surface area contributed by atoms with Gasteiger partial charge < -0.3 is 19.5 Å². The van der Waals surface area contributed by atoms with Gasteiger partial charge in [-0.25, -0.2) is 0 Å². The second-order valence-electron chi connectivity index (χ2n) is 7.90. The van der Waals surface area contributed by atoms with Crippen LogP contribution in [-0.4, -0.2) is 50.4 Å². The molecule has 0 bridgehead atoms. The van der Waals surface area contributed by atoms with Crippen molar-refractivity contribution >= 4 is 11.6 Å². The molecule has 0 radical (unpaired) electrons. The van der Waals surface area contributed by atoms with E-state index in [1.54, 1.807) is 51.2 Å². The fraction of sp³-hybridized carbons (Fsp3) is 0.435. The van der Waals surface area contributed by atoms with Crippen LogP contribution in [0.4, 0.5) is 18.9 Å². The Morgan fingerprint density at radius 2 is 1.75 bits per heavy atom. The van der Waals surface area contributed by atoms with Gasteiger partial charge in [0.05, 0.1) is 19.8 Å². The van der Waals surface area contributed by atoms with E-state index in [-0.39, 0.29) is 18.2 Å². The molecule has 0 fully saturated rings. The van der Waals surface area contributed by atoms with Crippen molar-refractivity contribution in [2.45, 2.75) is 33.0 Å². The molecule has 1 N–H and O–H groups in total. The van der Waals surface area contributed by atoms with E-state index in [4.69, 9.17) is 14.2 Å². The Balaban J connectivity index is 1.56. The third kappa shape index (κ3) is 6.78. The van der Waals surface area contributed by atoms with Gasteiger partial charge in [-0.1, -0.05) is 12.1 Å². The van der Waals surface area contributed by atoms with Crippen LogP contribution in [0.1, 0.15) is 23.1 Å². The van der Waals surface area contributed by atoms with Crippen LogP contribution in [0, 0.1) is 13.8 Å². The third-order valence-corrected chi connectivity index (χ3v) is 4.80. The molecular weight excluding hydrogens is 425 g/mol. The van der Waals surface area contributed by atoms with Crippen LogP contribution < -0.4 is 19.5 Å². The first-order valence-corrected chi connectivity index (χ1v) is 10.3. The van der Waals surface area contributed by atoms with E-state index in [0.29, 0.717) is 48.1 Å². The minimum atomic E-state index is -4.39. The highest BCUT2D eigenvalue weighted by atomic mass is 19.4. The molecule has 1 aliphatic heterocycles. The fourth-order valence-corrected chi connectivity index (χ4v) is 3.57. The maximum atomic E-state index is 12.5. The average molecular weight is 452 g/mol. The number of nitrogens with one attached hydrogen (secondary N) is 1. The van der Waals surface area contributed by atoms with Crippen LogP contribution in [0.25, 0.3) is 0 Å². The lowest BCUT2D eigenvalue weighted by molar-refractivity contribution is -0.153. The van der Waals surface area contributed by atoms with E-state index < -0.39 is 12.8 Å². The Hall–Kier alpha value is -2.94. The van der Waals surface area contributed by atoms with Crippen molar-refractivity contribution in [2.75, 3.05) is 38.7 Å². The van der Waals surface area contributed by atoms with E-state index in [2.05, 4.69) is 5.32 Å². The normalized spacial score (nSPS) is 13.6. The Kier molecular flexibility index (Phi) is 7.50. The van der Waals surface area contributed by atoms with E-state index >= 15 is 0 Å². The molecule has 6 nitrogen and oxygen atoms in total. The maximum absolute atomic E-state index is 12.5. The lowest BCUT2D eigenvalue weighted by Gasteiger charge is -2.19. The van der Waals surface area contributed by atoms with Crippen LogP contribution in [0.15, 0.2) is 30.3 Å². The maximum Gasteiger partial charge on any atom is 0.422 e. The molecule has 1 amide bonds. The Morgan fingerprint density at radius 1 is 1.09 bits per heavy atom. The van der Waals surface area contributed by atoms with Gasteiger partial charge in [0.2, 0.25) is 5.91 Å². The van der Waals surface area contributed by atoms with Crippen LogP contribution in [-0.2, 0) is 11.3 Å². The van der Waals surface area contributed by atoms with Crippen molar-refractivity contribution in [1.82, 2.24) is 4.90 Å². The molecule has 2 aromatic rings. The number of likely N-dealkylation sites (N-methyl/N-ethyl adjacent to an activating group) is 1. The Morgan fingerprint density at radius 3 is 2.41 bits per heavy atom. The summed E-state index contributed by atoms with van der Waals surface area (Å²) in [4.78, 5) is 14.3. The molecule has 0 atom stereocenters. The van der Waals surface area contributed by atoms with E-state index in [9.17, 15) is 18.0 Å². The predicted octanol–water partition coefficient (Wildman–Crippen LogP) is 4.48. The van der Waals surface area contributed by atoms with Gasteiger partial charge in [-0.15, -0.1) is 0 Å². The number of hydrogen-bond acceptors (Lipinski definition) is 5. The number of anilines is 1. The minimum absolute atomic E-state index is 0.138. The molecular formula is C23H27F3N2O4. The number of carbonyl (C=O) groups excluding carboxylic acids is 1. The number of benzene rings is 2. The molecule has 0 saturated carbocycles. The number of amides is 1. The third-order valence-electron chi connectivity index (χ3n) is 4.80. The van der Waals surface area contributed by atoms with Crippen molar-refractivity contribution in [3.8, 4) is 17.2 Å². The molecule has 9 heteroatoms. The Labute approximate surface area is 185 Å². The average Bonchev–Trinajstić information content (AvgIpc) is 2.91. The zero-order chi connectivity index (χ0) is 23.3. The molecule has 0 spiro atoms. The number of ether oxygens (including phenoxy) is 3. The van der Waals surface area contributed by atoms with Gasteiger partial charge in [0.1, 0.15) is 5.75 Å². The monoisotopic (exact) mass is 452 g/mol. The highest BCUT2D eigenvalue weighted by molar-refractivity contribution is 5.92. The number of aryl methyl sites for hydroxylation is 2. The van der Waals surface area contributed by atoms with Gasteiger partial charge in [-0.3, -0.25) is 9.69 Å². The molecule has 174 valence electrons. The standard InChI is InChI=1S/C23H27F3N2O4/c1-15-9-17(10-16(2)22(15)32-14-23(24,25)26)12-28(3)13-21(29)27-18-5-6-19-20(11-18)31-8-4-7-30-19/h5-6,9-11H,4,7-8,12-14H2,1-3H3,(H,27,29). The SMILES string of the molecule is Cc1cc(CN(C)CC(=O)Nc2ccc3c(c2)OCCCO3)cc(C)c1OCC(F)(F)F. The van der Waals surface area contributed by atoms with E-state index in [0.717, 1.165) is 12.0 Å². The molecule has 0 aromatic heterocycles.